The summed E-state index contributed by atoms with van der Waals surface area (Å²) in [6.07, 6.45) is -7.01. The largest absolute Gasteiger partial charge is 0.453 e. The lowest BCUT2D eigenvalue weighted by Crippen LogP contribution is -2.44. The van der Waals surface area contributed by atoms with Gasteiger partial charge in [0.2, 0.25) is 0 Å². The van der Waals surface area contributed by atoms with Crippen LogP contribution in [-0.4, -0.2) is 57.6 Å². The molecule has 0 aliphatic carbocycles. The molecule has 15 heteroatoms. The zero-order valence-electron chi connectivity index (χ0n) is 22.5. The molecule has 0 bridgehead atoms. The second-order valence-corrected chi connectivity index (χ2v) is 11.5. The molecule has 0 radical (unpaired) electrons. The average molecular weight is 623 g/mol. The molecule has 0 saturated heterocycles. The number of ether oxygens (including phenoxy) is 1. The number of nitrogens with one attached hydrogen (secondary N) is 1. The Labute approximate surface area is 235 Å². The first-order chi connectivity index (χ1) is 18.9. The Hall–Kier alpha value is -2.31. The smallest absolute Gasteiger partial charge is 0.378 e. The molecule has 234 valence electrons. The zero-order chi connectivity index (χ0) is 31.3. The van der Waals surface area contributed by atoms with Crippen molar-refractivity contribution in [3.05, 3.63) is 29.3 Å². The van der Waals surface area contributed by atoms with Gasteiger partial charge in [0, 0.05) is 41.0 Å². The quantitative estimate of drug-likeness (QED) is 0.140. The SMILES string of the molecule is CC(O)(COCCCCCCCCCS(=O)CCCC(F)(F)C(F)(F)F)C(=O)Nc1ccc(C#N)c(C(F)(F)F)c1. The molecular weight excluding hydrogens is 588 g/mol. The van der Waals surface area contributed by atoms with Gasteiger partial charge in [-0.05, 0) is 44.4 Å². The number of unbranched alkanes of at least 4 members (excludes halogenated alkanes) is 6. The summed E-state index contributed by atoms with van der Waals surface area (Å²) in [5.41, 5.74) is -4.07. The number of carbonyl (C=O) groups excluding carboxylic acids is 1. The van der Waals surface area contributed by atoms with Gasteiger partial charge in [0.25, 0.3) is 5.91 Å². The molecule has 2 atom stereocenters. The molecule has 1 rings (SSSR count). The first kappa shape index (κ1) is 36.7. The number of nitrogens with zero attached hydrogens (tertiary/aromatic N) is 1. The second-order valence-electron chi connectivity index (χ2n) is 9.78. The minimum atomic E-state index is -5.60. The van der Waals surface area contributed by atoms with Gasteiger partial charge in [-0.15, -0.1) is 0 Å². The van der Waals surface area contributed by atoms with Crippen LogP contribution < -0.4 is 5.32 Å². The number of halogens is 8. The van der Waals surface area contributed by atoms with E-state index in [9.17, 15) is 49.2 Å². The van der Waals surface area contributed by atoms with Gasteiger partial charge in [0.1, 0.15) is 0 Å². The van der Waals surface area contributed by atoms with E-state index in [1.165, 1.54) is 6.07 Å². The summed E-state index contributed by atoms with van der Waals surface area (Å²) < 4.78 is 118. The van der Waals surface area contributed by atoms with Crippen molar-refractivity contribution in [1.29, 1.82) is 5.26 Å². The number of amides is 1. The van der Waals surface area contributed by atoms with Gasteiger partial charge in [-0.2, -0.15) is 40.4 Å². The van der Waals surface area contributed by atoms with Crippen LogP contribution in [0.1, 0.15) is 75.8 Å². The molecule has 0 saturated carbocycles. The van der Waals surface area contributed by atoms with E-state index in [4.69, 9.17) is 10.00 Å². The molecule has 6 nitrogen and oxygen atoms in total. The zero-order valence-corrected chi connectivity index (χ0v) is 23.3. The van der Waals surface area contributed by atoms with Crippen molar-refractivity contribution in [2.75, 3.05) is 30.0 Å². The van der Waals surface area contributed by atoms with Crippen LogP contribution in [0.3, 0.4) is 0 Å². The van der Waals surface area contributed by atoms with E-state index in [2.05, 4.69) is 5.32 Å². The molecule has 1 aromatic carbocycles. The topological polar surface area (TPSA) is 99.4 Å². The monoisotopic (exact) mass is 622 g/mol. The van der Waals surface area contributed by atoms with E-state index < -0.39 is 71.2 Å². The molecule has 41 heavy (non-hydrogen) atoms. The number of benzene rings is 1. The predicted molar refractivity (Wildman–Crippen MR) is 137 cm³/mol. The van der Waals surface area contributed by atoms with Crippen LogP contribution in [0.4, 0.5) is 40.8 Å². The Morgan fingerprint density at radius 2 is 1.51 bits per heavy atom. The van der Waals surface area contributed by atoms with Crippen molar-refractivity contribution in [2.24, 2.45) is 0 Å². The molecular formula is C26H34F8N2O4S. The number of rotatable bonds is 18. The molecule has 0 fully saturated rings. The minimum absolute atomic E-state index is 0.200. The van der Waals surface area contributed by atoms with Crippen LogP contribution in [0, 0.1) is 11.3 Å². The van der Waals surface area contributed by atoms with E-state index in [1.807, 2.05) is 0 Å². The van der Waals surface area contributed by atoms with Crippen molar-refractivity contribution in [3.8, 4) is 6.07 Å². The second kappa shape index (κ2) is 16.4. The number of anilines is 1. The van der Waals surface area contributed by atoms with Crippen LogP contribution in [0.5, 0.6) is 0 Å². The maximum atomic E-state index is 13.1. The lowest BCUT2D eigenvalue weighted by molar-refractivity contribution is -0.284. The molecule has 0 aliphatic heterocycles. The highest BCUT2D eigenvalue weighted by Crippen LogP contribution is 2.39. The van der Waals surface area contributed by atoms with Gasteiger partial charge < -0.3 is 15.2 Å². The molecule has 0 heterocycles. The van der Waals surface area contributed by atoms with Crippen molar-refractivity contribution >= 4 is 22.4 Å². The van der Waals surface area contributed by atoms with Crippen LogP contribution in [-0.2, 0) is 26.5 Å². The maximum Gasteiger partial charge on any atom is 0.453 e. The Kier molecular flexibility index (Phi) is 14.6. The van der Waals surface area contributed by atoms with Gasteiger partial charge in [-0.1, -0.05) is 32.1 Å². The summed E-state index contributed by atoms with van der Waals surface area (Å²) in [6.45, 7) is 0.985. The van der Waals surface area contributed by atoms with E-state index >= 15 is 0 Å². The summed E-state index contributed by atoms with van der Waals surface area (Å²) in [5, 5.41) is 21.4. The summed E-state index contributed by atoms with van der Waals surface area (Å²) in [7, 11) is -1.45. The fourth-order valence-electron chi connectivity index (χ4n) is 3.61. The predicted octanol–water partition coefficient (Wildman–Crippen LogP) is 6.74. The Bertz CT molecular complexity index is 1040. The highest BCUT2D eigenvalue weighted by molar-refractivity contribution is 7.84. The minimum Gasteiger partial charge on any atom is -0.378 e. The molecule has 1 aromatic rings. The molecule has 2 N–H and O–H groups in total. The first-order valence-electron chi connectivity index (χ1n) is 12.9. The van der Waals surface area contributed by atoms with E-state index in [0.717, 1.165) is 51.2 Å². The number of hydrogen-bond acceptors (Lipinski definition) is 5. The van der Waals surface area contributed by atoms with Crippen molar-refractivity contribution in [3.63, 3.8) is 0 Å². The molecule has 1 amide bonds. The molecule has 0 aromatic heterocycles. The number of hydrogen-bond donors (Lipinski definition) is 2. The number of nitriles is 1. The van der Waals surface area contributed by atoms with Crippen molar-refractivity contribution < 1.29 is 54.0 Å². The van der Waals surface area contributed by atoms with Gasteiger partial charge in [-0.25, -0.2) is 0 Å². The molecule has 0 aliphatic rings. The van der Waals surface area contributed by atoms with Crippen molar-refractivity contribution in [2.45, 2.75) is 88.6 Å². The third-order valence-corrected chi connectivity index (χ3v) is 7.50. The van der Waals surface area contributed by atoms with E-state index in [1.54, 1.807) is 0 Å². The summed E-state index contributed by atoms with van der Waals surface area (Å²) in [5.74, 6) is -5.70. The van der Waals surface area contributed by atoms with Crippen LogP contribution in [0.15, 0.2) is 18.2 Å². The standard InChI is InChI=1S/C26H34F8N2O4S/c1-23(38,22(37)36-20-11-10-19(17-35)21(16-20)25(29,30)31)18-40-13-7-5-3-2-4-6-8-14-41(39)15-9-12-24(27,28)26(32,33)34/h10-11,16,38H,2-9,12-15,18H2,1H3,(H,36,37). The lowest BCUT2D eigenvalue weighted by Gasteiger charge is -2.22. The van der Waals surface area contributed by atoms with E-state index in [-0.39, 0.29) is 23.8 Å². The highest BCUT2D eigenvalue weighted by atomic mass is 32.2. The van der Waals surface area contributed by atoms with Crippen molar-refractivity contribution in [1.82, 2.24) is 0 Å². The van der Waals surface area contributed by atoms with Gasteiger partial charge in [0.05, 0.1) is 23.8 Å². The average Bonchev–Trinajstić information content (AvgIpc) is 2.85. The number of aliphatic hydroxyl groups is 1. The fraction of sp³-hybridized carbons (Fsp3) is 0.692. The van der Waals surface area contributed by atoms with Crippen LogP contribution >= 0.6 is 0 Å². The summed E-state index contributed by atoms with van der Waals surface area (Å²) in [6, 6.07) is 4.08. The Morgan fingerprint density at radius 1 is 0.951 bits per heavy atom. The fourth-order valence-corrected chi connectivity index (χ4v) is 4.80. The Balaban J connectivity index is 2.17. The molecule has 0 spiro atoms. The first-order valence-corrected chi connectivity index (χ1v) is 14.4. The third-order valence-electron chi connectivity index (χ3n) is 6.01. The Morgan fingerprint density at radius 3 is 2.07 bits per heavy atom. The van der Waals surface area contributed by atoms with Gasteiger partial charge in [-0.3, -0.25) is 9.00 Å². The third kappa shape index (κ3) is 13.5. The number of carbonyl (C=O) groups is 1. The summed E-state index contributed by atoms with van der Waals surface area (Å²) >= 11 is 0. The summed E-state index contributed by atoms with van der Waals surface area (Å²) in [4.78, 5) is 12.3. The molecule has 2 unspecified atom stereocenters. The lowest BCUT2D eigenvalue weighted by atomic mass is 10.1. The highest BCUT2D eigenvalue weighted by Gasteiger charge is 2.56. The van der Waals surface area contributed by atoms with Gasteiger partial charge >= 0.3 is 18.3 Å². The normalized spacial score (nSPS) is 14.8. The van der Waals surface area contributed by atoms with E-state index in [0.29, 0.717) is 18.9 Å². The number of alkyl halides is 8. The van der Waals surface area contributed by atoms with Crippen LogP contribution in [0.2, 0.25) is 0 Å². The van der Waals surface area contributed by atoms with Crippen LogP contribution in [0.25, 0.3) is 0 Å². The van der Waals surface area contributed by atoms with Gasteiger partial charge in [0.15, 0.2) is 5.60 Å². The maximum absolute atomic E-state index is 13.1.